The van der Waals surface area contributed by atoms with Crippen LogP contribution in [0.25, 0.3) is 0 Å². The van der Waals surface area contributed by atoms with Crippen LogP contribution in [0.2, 0.25) is 0 Å². The maximum atomic E-state index is 12.8. The quantitative estimate of drug-likeness (QED) is 0.521. The number of ether oxygens (including phenoxy) is 2. The van der Waals surface area contributed by atoms with Crippen LogP contribution in [0.15, 0.2) is 18.2 Å². The predicted molar refractivity (Wildman–Crippen MR) is 110 cm³/mol. The van der Waals surface area contributed by atoms with Gasteiger partial charge in [0.15, 0.2) is 0 Å². The summed E-state index contributed by atoms with van der Waals surface area (Å²) in [5.41, 5.74) is 1.39. The predicted octanol–water partition coefficient (Wildman–Crippen LogP) is 4.22. The van der Waals surface area contributed by atoms with Gasteiger partial charge in [-0.05, 0) is 73.5 Å². The van der Waals surface area contributed by atoms with Crippen molar-refractivity contribution in [3.63, 3.8) is 0 Å². The summed E-state index contributed by atoms with van der Waals surface area (Å²) in [5.74, 6) is 1.68. The van der Waals surface area contributed by atoms with Gasteiger partial charge in [-0.15, -0.1) is 0 Å². The molecule has 4 saturated carbocycles. The van der Waals surface area contributed by atoms with Crippen molar-refractivity contribution >= 4 is 27.8 Å². The molecule has 0 heterocycles. The van der Waals surface area contributed by atoms with E-state index < -0.39 is 5.97 Å². The highest BCUT2D eigenvalue weighted by Gasteiger charge is 2.57. The lowest BCUT2D eigenvalue weighted by atomic mass is 9.48. The van der Waals surface area contributed by atoms with Crippen molar-refractivity contribution in [2.24, 2.45) is 17.3 Å². The van der Waals surface area contributed by atoms with Crippen LogP contribution in [0.3, 0.4) is 0 Å². The van der Waals surface area contributed by atoms with Gasteiger partial charge >= 0.3 is 5.97 Å². The summed E-state index contributed by atoms with van der Waals surface area (Å²) in [7, 11) is 2.86. The Morgan fingerprint density at radius 3 is 2.50 bits per heavy atom. The van der Waals surface area contributed by atoms with E-state index in [2.05, 4.69) is 21.2 Å². The van der Waals surface area contributed by atoms with Gasteiger partial charge in [-0.3, -0.25) is 4.79 Å². The number of esters is 1. The fourth-order valence-electron chi connectivity index (χ4n) is 6.28. The summed E-state index contributed by atoms with van der Waals surface area (Å²) in [4.78, 5) is 24.7. The van der Waals surface area contributed by atoms with E-state index in [1.165, 1.54) is 46.3 Å². The zero-order chi connectivity index (χ0) is 19.9. The van der Waals surface area contributed by atoms with E-state index in [1.54, 1.807) is 12.1 Å². The monoisotopic (exact) mass is 449 g/mol. The van der Waals surface area contributed by atoms with E-state index in [1.807, 2.05) is 6.07 Å². The van der Waals surface area contributed by atoms with Gasteiger partial charge in [-0.25, -0.2) is 4.79 Å². The molecule has 1 aromatic rings. The zero-order valence-corrected chi connectivity index (χ0v) is 18.1. The molecule has 152 valence electrons. The second kappa shape index (κ2) is 7.36. The van der Waals surface area contributed by atoms with Crippen molar-refractivity contribution in [1.29, 1.82) is 0 Å². The van der Waals surface area contributed by atoms with Crippen molar-refractivity contribution in [2.75, 3.05) is 14.2 Å². The molecule has 0 aromatic heterocycles. The summed E-state index contributed by atoms with van der Waals surface area (Å²) in [6.07, 6.45) is 8.00. The standard InChI is InChI=1S/C22H28BrNO4/c1-27-18-4-3-14(6-17(18)20(26)28-2)12-24-19(25)11-21-7-15-5-16(8-21)10-22(23,9-15)13-21/h3-4,6,15-16H,5,7-13H2,1-2H3,(H,24,25). The number of halogens is 1. The van der Waals surface area contributed by atoms with Gasteiger partial charge in [0, 0.05) is 17.3 Å². The van der Waals surface area contributed by atoms with Crippen LogP contribution >= 0.6 is 15.9 Å². The SMILES string of the molecule is COC(=O)c1cc(CNC(=O)CC23CC4CC(CC(Br)(C4)C2)C3)ccc1OC. The van der Waals surface area contributed by atoms with Crippen molar-refractivity contribution < 1.29 is 19.1 Å². The second-order valence-electron chi connectivity index (χ2n) is 9.09. The first-order valence-corrected chi connectivity index (χ1v) is 10.8. The van der Waals surface area contributed by atoms with Gasteiger partial charge < -0.3 is 14.8 Å². The van der Waals surface area contributed by atoms with E-state index in [9.17, 15) is 9.59 Å². The Hall–Kier alpha value is -1.56. The number of carbonyl (C=O) groups excluding carboxylic acids is 2. The molecule has 2 atom stereocenters. The molecule has 6 heteroatoms. The zero-order valence-electron chi connectivity index (χ0n) is 16.6. The lowest BCUT2D eigenvalue weighted by molar-refractivity contribution is -0.128. The first-order chi connectivity index (χ1) is 13.3. The number of rotatable bonds is 6. The normalized spacial score (nSPS) is 32.8. The fraction of sp³-hybridized carbons (Fsp3) is 0.636. The molecule has 4 fully saturated rings. The summed E-state index contributed by atoms with van der Waals surface area (Å²) in [5, 5.41) is 3.06. The second-order valence-corrected chi connectivity index (χ2v) is 10.8. The van der Waals surface area contributed by atoms with Gasteiger partial charge in [0.05, 0.1) is 14.2 Å². The Morgan fingerprint density at radius 2 is 1.89 bits per heavy atom. The van der Waals surface area contributed by atoms with Crippen LogP contribution in [-0.4, -0.2) is 30.4 Å². The number of alkyl halides is 1. The average molecular weight is 450 g/mol. The molecule has 1 amide bonds. The third-order valence-corrected chi connectivity index (χ3v) is 7.73. The van der Waals surface area contributed by atoms with Crippen LogP contribution in [0.5, 0.6) is 5.75 Å². The minimum absolute atomic E-state index is 0.105. The van der Waals surface area contributed by atoms with Gasteiger partial charge in [0.25, 0.3) is 0 Å². The molecule has 4 aliphatic rings. The lowest BCUT2D eigenvalue weighted by Crippen LogP contribution is -2.54. The Balaban J connectivity index is 1.39. The molecule has 0 saturated heterocycles. The highest BCUT2D eigenvalue weighted by Crippen LogP contribution is 2.65. The minimum atomic E-state index is -0.443. The van der Waals surface area contributed by atoms with Crippen LogP contribution in [0, 0.1) is 17.3 Å². The number of hydrogen-bond acceptors (Lipinski definition) is 4. The number of benzene rings is 1. The van der Waals surface area contributed by atoms with E-state index >= 15 is 0 Å². The molecule has 5 nitrogen and oxygen atoms in total. The number of hydrogen-bond donors (Lipinski definition) is 1. The van der Waals surface area contributed by atoms with Crippen molar-refractivity contribution in [3.8, 4) is 5.75 Å². The highest BCUT2D eigenvalue weighted by atomic mass is 79.9. The Labute approximate surface area is 174 Å². The van der Waals surface area contributed by atoms with E-state index in [-0.39, 0.29) is 15.6 Å². The van der Waals surface area contributed by atoms with Gasteiger partial charge in [0.2, 0.25) is 5.91 Å². The van der Waals surface area contributed by atoms with Crippen LogP contribution in [-0.2, 0) is 16.1 Å². The first kappa shape index (κ1) is 19.7. The van der Waals surface area contributed by atoms with Gasteiger partial charge in [-0.2, -0.15) is 0 Å². The molecule has 4 aliphatic carbocycles. The van der Waals surface area contributed by atoms with Gasteiger partial charge in [-0.1, -0.05) is 22.0 Å². The van der Waals surface area contributed by atoms with Gasteiger partial charge in [0.1, 0.15) is 11.3 Å². The lowest BCUT2D eigenvalue weighted by Gasteiger charge is -2.60. The number of carbonyl (C=O) groups is 2. The van der Waals surface area contributed by atoms with E-state index in [0.29, 0.717) is 24.3 Å². The molecule has 5 rings (SSSR count). The molecular weight excluding hydrogens is 422 g/mol. The number of amides is 1. The Kier molecular flexibility index (Phi) is 5.19. The molecular formula is C22H28BrNO4. The third-order valence-electron chi connectivity index (χ3n) is 6.81. The highest BCUT2D eigenvalue weighted by molar-refractivity contribution is 9.10. The molecule has 0 aliphatic heterocycles. The molecule has 4 bridgehead atoms. The fourth-order valence-corrected chi connectivity index (χ4v) is 7.79. The smallest absolute Gasteiger partial charge is 0.341 e. The molecule has 0 radical (unpaired) electrons. The molecule has 1 aromatic carbocycles. The minimum Gasteiger partial charge on any atom is -0.496 e. The molecule has 0 spiro atoms. The molecule has 1 N–H and O–H groups in total. The summed E-state index contributed by atoms with van der Waals surface area (Å²) < 4.78 is 10.3. The maximum Gasteiger partial charge on any atom is 0.341 e. The molecule has 2 unspecified atom stereocenters. The Morgan fingerprint density at radius 1 is 1.18 bits per heavy atom. The van der Waals surface area contributed by atoms with Crippen LogP contribution < -0.4 is 10.1 Å². The van der Waals surface area contributed by atoms with Crippen molar-refractivity contribution in [1.82, 2.24) is 5.32 Å². The third kappa shape index (κ3) is 3.80. The number of methoxy groups -OCH3 is 2. The first-order valence-electron chi connectivity index (χ1n) is 10.0. The molecule has 28 heavy (non-hydrogen) atoms. The largest absolute Gasteiger partial charge is 0.496 e. The summed E-state index contributed by atoms with van der Waals surface area (Å²) >= 11 is 4.01. The van der Waals surface area contributed by atoms with Crippen LogP contribution in [0.4, 0.5) is 0 Å². The number of nitrogens with one attached hydrogen (secondary N) is 1. The maximum absolute atomic E-state index is 12.8. The summed E-state index contributed by atoms with van der Waals surface area (Å²) in [6.45, 7) is 0.398. The van der Waals surface area contributed by atoms with Crippen LogP contribution in [0.1, 0.15) is 60.9 Å². The van der Waals surface area contributed by atoms with Crippen molar-refractivity contribution in [3.05, 3.63) is 29.3 Å². The van der Waals surface area contributed by atoms with Crippen molar-refractivity contribution in [2.45, 2.75) is 55.8 Å². The van der Waals surface area contributed by atoms with E-state index in [0.717, 1.165) is 23.8 Å². The topological polar surface area (TPSA) is 64.6 Å². The summed E-state index contributed by atoms with van der Waals surface area (Å²) in [6, 6.07) is 5.33. The average Bonchev–Trinajstić information content (AvgIpc) is 2.63. The van der Waals surface area contributed by atoms with E-state index in [4.69, 9.17) is 9.47 Å². The Bertz CT molecular complexity index is 779.